The number of nitrogens with two attached hydrogens (primary N) is 1. The van der Waals surface area contributed by atoms with Crippen molar-refractivity contribution in [3.63, 3.8) is 0 Å². The maximum absolute atomic E-state index is 12.7. The Balaban J connectivity index is 0.00000624. The van der Waals surface area contributed by atoms with Gasteiger partial charge < -0.3 is 51.3 Å². The SMILES string of the molecule is CC([O-])=Nc1cc(N(CCO)CCO)ccc1N=Nc1ccc(N=Nc2c(S(=O)(=O)O)cc3cc(S(=O)(=O)O)c(N=Nc4ccc(N=Nc5ccc(N(CCO)CCO)cc5N=C(C)[O-])cc4)c(O)c3c2N)cc1.[Na+].[Na+]. The van der Waals surface area contributed by atoms with Gasteiger partial charge in [0, 0.05) is 37.6 Å². The standard InChI is InChI=1S/C46H49N13O13S2.2Na/c1-27(64)48-38-25-34(58(15-19-60)16-20-61)11-13-36(38)54-50-30-3-7-32(8-4-30)52-56-44-40(73(67,68)69)23-29-24-41(74(70,71)72)45(46(66)42(29)43(44)47)57-53-33-9-5-31(6-10-33)51-55-37-14-12-35(26-39(37)49-28(2)65)59(17-21-62)18-22-63;;/h3-14,23-26,60-63,66H,15-22,47H2,1-2H3,(H,48,64)(H,49,65)(H,67,68,69)(H,70,71,72);;/q;2*+1/p-2. The van der Waals surface area contributed by atoms with E-state index in [1.165, 1.54) is 62.4 Å². The Morgan fingerprint density at radius 1 is 0.500 bits per heavy atom. The molecule has 0 aliphatic heterocycles. The third-order valence-electron chi connectivity index (χ3n) is 10.3. The average molecular weight is 1100 g/mol. The second-order valence-corrected chi connectivity index (χ2v) is 18.3. The van der Waals surface area contributed by atoms with E-state index in [2.05, 4.69) is 50.9 Å². The number of phenolic OH excluding ortho intramolecular Hbond substituents is 1. The first-order chi connectivity index (χ1) is 35.2. The zero-order chi connectivity index (χ0) is 53.7. The Bertz CT molecular complexity index is 3200. The largest absolute Gasteiger partial charge is 1.00 e. The summed E-state index contributed by atoms with van der Waals surface area (Å²) in [4.78, 5) is 9.43. The molecule has 0 fully saturated rings. The van der Waals surface area contributed by atoms with Crippen LogP contribution in [0.1, 0.15) is 13.8 Å². The zero-order valence-corrected chi connectivity index (χ0v) is 46.9. The zero-order valence-electron chi connectivity index (χ0n) is 41.2. The molecule has 0 saturated carbocycles. The summed E-state index contributed by atoms with van der Waals surface area (Å²) in [7, 11) is -10.4. The summed E-state index contributed by atoms with van der Waals surface area (Å²) in [5.74, 6) is -2.01. The number of anilines is 3. The molecule has 0 aliphatic carbocycles. The van der Waals surface area contributed by atoms with Crippen molar-refractivity contribution in [2.24, 2.45) is 50.9 Å². The van der Waals surface area contributed by atoms with Gasteiger partial charge in [-0.3, -0.25) is 19.1 Å². The van der Waals surface area contributed by atoms with Gasteiger partial charge >= 0.3 is 59.1 Å². The van der Waals surface area contributed by atoms with Gasteiger partial charge in [0.05, 0.1) is 71.6 Å². The second kappa shape index (κ2) is 28.2. The summed E-state index contributed by atoms with van der Waals surface area (Å²) in [6.07, 6.45) is 0. The molecular weight excluding hydrogens is 1050 g/mol. The third kappa shape index (κ3) is 16.4. The monoisotopic (exact) mass is 1100 g/mol. The van der Waals surface area contributed by atoms with Crippen molar-refractivity contribution < 1.29 is 121 Å². The number of aliphatic hydroxyl groups excluding tert-OH is 4. The van der Waals surface area contributed by atoms with Crippen molar-refractivity contribution in [3.05, 3.63) is 97.1 Å². The minimum absolute atomic E-state index is 0. The minimum atomic E-state index is -5.21. The van der Waals surface area contributed by atoms with Crippen LogP contribution in [0.3, 0.4) is 0 Å². The van der Waals surface area contributed by atoms with Gasteiger partial charge in [0.1, 0.15) is 32.5 Å². The quantitative estimate of drug-likeness (QED) is 0.0116. The number of aliphatic hydroxyl groups is 4. The predicted octanol–water partition coefficient (Wildman–Crippen LogP) is 0.693. The van der Waals surface area contributed by atoms with Crippen LogP contribution in [0, 0.1) is 0 Å². The van der Waals surface area contributed by atoms with E-state index in [1.807, 2.05) is 0 Å². The summed E-state index contributed by atoms with van der Waals surface area (Å²) in [5.41, 5.74) is 6.97. The van der Waals surface area contributed by atoms with Gasteiger partial charge in [-0.05, 0) is 128 Å². The first-order valence-corrected chi connectivity index (χ1v) is 24.7. The molecule has 6 aromatic rings. The van der Waals surface area contributed by atoms with Crippen LogP contribution in [0.15, 0.2) is 158 Å². The van der Waals surface area contributed by atoms with Crippen LogP contribution in [0.2, 0.25) is 0 Å². The summed E-state index contributed by atoms with van der Waals surface area (Å²) in [6.45, 7) is 2.61. The van der Waals surface area contributed by atoms with Crippen molar-refractivity contribution in [1.82, 2.24) is 0 Å². The molecule has 0 heterocycles. The fourth-order valence-corrected chi connectivity index (χ4v) is 8.37. The molecule has 6 aromatic carbocycles. The van der Waals surface area contributed by atoms with Gasteiger partial charge in [-0.15, -0.1) is 20.5 Å². The minimum Gasteiger partial charge on any atom is -0.862 e. The van der Waals surface area contributed by atoms with Crippen molar-refractivity contribution in [1.29, 1.82) is 0 Å². The molecular formula is C46H47N13Na2O13S2. The summed E-state index contributed by atoms with van der Waals surface area (Å²) < 4.78 is 71.0. The number of hydrogen-bond donors (Lipinski definition) is 8. The molecule has 0 amide bonds. The van der Waals surface area contributed by atoms with Crippen LogP contribution < -0.4 is 84.9 Å². The number of nitrogens with zero attached hydrogens (tertiary/aromatic N) is 12. The van der Waals surface area contributed by atoms with Crippen LogP contribution in [-0.4, -0.2) is 116 Å². The normalized spacial score (nSPS) is 12.5. The first-order valence-electron chi connectivity index (χ1n) is 21.8. The van der Waals surface area contributed by atoms with Gasteiger partial charge in [0.2, 0.25) is 0 Å². The first kappa shape index (κ1) is 62.3. The molecule has 6 rings (SSSR count). The maximum atomic E-state index is 12.7. The molecule has 0 aliphatic rings. The van der Waals surface area contributed by atoms with Gasteiger partial charge in [-0.2, -0.15) is 37.3 Å². The molecule has 0 bridgehead atoms. The molecule has 9 N–H and O–H groups in total. The topological polar surface area (TPSA) is 412 Å². The Labute approximate surface area is 479 Å². The fraction of sp³-hybridized carbons (Fsp3) is 0.217. The molecule has 26 nitrogen and oxygen atoms in total. The van der Waals surface area contributed by atoms with Crippen LogP contribution in [0.25, 0.3) is 10.8 Å². The van der Waals surface area contributed by atoms with Crippen molar-refractivity contribution in [3.8, 4) is 5.75 Å². The van der Waals surface area contributed by atoms with Crippen LogP contribution >= 0.6 is 0 Å². The fourth-order valence-electron chi connectivity index (χ4n) is 7.04. The van der Waals surface area contributed by atoms with Gasteiger partial charge in [0.25, 0.3) is 20.2 Å². The number of phenols is 1. The molecule has 0 spiro atoms. The number of nitrogen functional groups attached to an aromatic ring is 1. The van der Waals surface area contributed by atoms with E-state index in [1.54, 1.807) is 46.2 Å². The number of fused-ring (bicyclic) bond motifs is 1. The molecule has 30 heteroatoms. The number of rotatable bonds is 22. The Morgan fingerprint density at radius 3 is 1.16 bits per heavy atom. The van der Waals surface area contributed by atoms with Crippen molar-refractivity contribution in [2.75, 3.05) is 68.1 Å². The number of benzene rings is 6. The van der Waals surface area contributed by atoms with E-state index in [0.717, 1.165) is 12.1 Å². The van der Waals surface area contributed by atoms with E-state index >= 15 is 0 Å². The van der Waals surface area contributed by atoms with E-state index < -0.39 is 70.0 Å². The van der Waals surface area contributed by atoms with Crippen LogP contribution in [0.4, 0.5) is 73.9 Å². The van der Waals surface area contributed by atoms with E-state index in [0.29, 0.717) is 11.4 Å². The van der Waals surface area contributed by atoms with Gasteiger partial charge in [-0.1, -0.05) is 0 Å². The average Bonchev–Trinajstić information content (AvgIpc) is 3.34. The maximum Gasteiger partial charge on any atom is 1.00 e. The molecule has 0 atom stereocenters. The van der Waals surface area contributed by atoms with Gasteiger partial charge in [-0.25, -0.2) is 0 Å². The number of aliphatic imine (C=N–C) groups is 2. The predicted molar refractivity (Wildman–Crippen MR) is 270 cm³/mol. The van der Waals surface area contributed by atoms with Gasteiger partial charge in [0.15, 0.2) is 5.75 Å². The number of aromatic hydroxyl groups is 1. The van der Waals surface area contributed by atoms with Crippen molar-refractivity contribution >= 4 is 117 Å². The molecule has 0 radical (unpaired) electrons. The van der Waals surface area contributed by atoms with Crippen LogP contribution in [-0.2, 0) is 20.2 Å². The molecule has 0 aromatic heterocycles. The van der Waals surface area contributed by atoms with E-state index in [4.69, 9.17) is 5.73 Å². The Kier molecular flexibility index (Phi) is 23.2. The molecule has 388 valence electrons. The Morgan fingerprint density at radius 2 is 0.829 bits per heavy atom. The summed E-state index contributed by atoms with van der Waals surface area (Å²) in [6, 6.07) is 22.5. The molecule has 0 unspecified atom stereocenters. The number of azo groups is 4. The molecule has 76 heavy (non-hydrogen) atoms. The second-order valence-electron chi connectivity index (χ2n) is 15.6. The summed E-state index contributed by atoms with van der Waals surface area (Å²) in [5, 5.41) is 105. The smallest absolute Gasteiger partial charge is 0.862 e. The molecule has 0 saturated heterocycles. The van der Waals surface area contributed by atoms with E-state index in [9.17, 15) is 61.7 Å². The third-order valence-corrected chi connectivity index (χ3v) is 12.1. The number of hydrogen-bond acceptors (Lipinski definition) is 24. The van der Waals surface area contributed by atoms with Crippen molar-refractivity contribution in [2.45, 2.75) is 23.6 Å². The Hall–Kier alpha value is -6.22. The van der Waals surface area contributed by atoms with E-state index in [-0.39, 0.29) is 163 Å². The summed E-state index contributed by atoms with van der Waals surface area (Å²) >= 11 is 0. The van der Waals surface area contributed by atoms with Crippen LogP contribution in [0.5, 0.6) is 5.75 Å².